The molecule has 2 heterocycles. The minimum atomic E-state index is -0.233. The van der Waals surface area contributed by atoms with Crippen LogP contribution in [0, 0.1) is 0 Å². The van der Waals surface area contributed by atoms with E-state index in [0.717, 1.165) is 57.3 Å². The number of hydrogen-bond acceptors (Lipinski definition) is 6. The Morgan fingerprint density at radius 1 is 0.800 bits per heavy atom. The van der Waals surface area contributed by atoms with Crippen molar-refractivity contribution in [3.8, 4) is 0 Å². The molecular formula is C31H31N7O2. The number of anilines is 3. The molecule has 0 radical (unpaired) electrons. The predicted molar refractivity (Wildman–Crippen MR) is 163 cm³/mol. The van der Waals surface area contributed by atoms with Gasteiger partial charge in [-0.25, -0.2) is 9.98 Å². The number of likely N-dealkylation sites (N-methyl/N-ethyl adjacent to an activating group) is 1. The molecule has 0 spiro atoms. The number of imidazole rings is 1. The van der Waals surface area contributed by atoms with Gasteiger partial charge in [0.2, 0.25) is 17.8 Å². The molecule has 202 valence electrons. The fraction of sp³-hybridized carbons (Fsp3) is 0.161. The molecule has 3 N–H and O–H groups in total. The van der Waals surface area contributed by atoms with Gasteiger partial charge in [-0.2, -0.15) is 0 Å². The van der Waals surface area contributed by atoms with E-state index < -0.39 is 0 Å². The van der Waals surface area contributed by atoms with Crippen molar-refractivity contribution in [2.24, 2.45) is 4.99 Å². The average molecular weight is 534 g/mol. The molecular weight excluding hydrogens is 502 g/mol. The lowest BCUT2D eigenvalue weighted by molar-refractivity contribution is -0.112. The monoisotopic (exact) mass is 533 g/mol. The third-order valence-electron chi connectivity index (χ3n) is 6.41. The van der Waals surface area contributed by atoms with E-state index in [9.17, 15) is 9.59 Å². The van der Waals surface area contributed by atoms with Crippen LogP contribution in [0.15, 0.2) is 77.8 Å². The Bertz CT molecular complexity index is 1660. The van der Waals surface area contributed by atoms with Crippen LogP contribution in [-0.4, -0.2) is 60.7 Å². The van der Waals surface area contributed by atoms with Gasteiger partial charge in [0.05, 0.1) is 16.7 Å². The lowest BCUT2D eigenvalue weighted by atomic mass is 10.1. The lowest BCUT2D eigenvalue weighted by Gasteiger charge is -2.10. The molecule has 1 aliphatic rings. The molecule has 0 unspecified atom stereocenters. The van der Waals surface area contributed by atoms with Gasteiger partial charge in [-0.15, -0.1) is 0 Å². The maximum Gasteiger partial charge on any atom is 0.248 e. The average Bonchev–Trinajstić information content (AvgIpc) is 3.55. The highest BCUT2D eigenvalue weighted by molar-refractivity contribution is 6.03. The second-order valence-electron chi connectivity index (χ2n) is 9.94. The van der Waals surface area contributed by atoms with Crippen molar-refractivity contribution < 1.29 is 9.59 Å². The molecule has 0 aliphatic carbocycles. The quantitative estimate of drug-likeness (QED) is 0.287. The highest BCUT2D eigenvalue weighted by atomic mass is 16.2. The van der Waals surface area contributed by atoms with Crippen molar-refractivity contribution in [2.45, 2.75) is 6.42 Å². The number of fused-ring (bicyclic) bond motifs is 2. The molecule has 0 bridgehead atoms. The summed E-state index contributed by atoms with van der Waals surface area (Å²) in [5, 5.41) is 5.79. The SMILES string of the molecule is CN(C)C1=Nc2ccc(NC(=O)/C=C/c3ccc(/C=C/C(=O)Nc4ccc5nc(N(C)C)[nH]c5c4)cc3)cc2C1. The number of aromatic amines is 1. The second-order valence-corrected chi connectivity index (χ2v) is 9.94. The van der Waals surface area contributed by atoms with Crippen molar-refractivity contribution in [3.63, 3.8) is 0 Å². The summed E-state index contributed by atoms with van der Waals surface area (Å²) in [5.74, 6) is 1.32. The first kappa shape index (κ1) is 26.4. The summed E-state index contributed by atoms with van der Waals surface area (Å²) >= 11 is 0. The summed E-state index contributed by atoms with van der Waals surface area (Å²) in [6, 6.07) is 18.9. The number of hydrogen-bond donors (Lipinski definition) is 3. The molecule has 0 fully saturated rings. The Morgan fingerprint density at radius 2 is 1.40 bits per heavy atom. The van der Waals surface area contributed by atoms with Crippen LogP contribution in [0.1, 0.15) is 16.7 Å². The minimum absolute atomic E-state index is 0.210. The summed E-state index contributed by atoms with van der Waals surface area (Å²) in [5.41, 5.74) is 6.89. The molecule has 9 heteroatoms. The van der Waals surface area contributed by atoms with Gasteiger partial charge in [-0.1, -0.05) is 24.3 Å². The number of aliphatic imine (C=N–C) groups is 1. The van der Waals surface area contributed by atoms with Crippen LogP contribution >= 0.6 is 0 Å². The molecule has 3 aromatic carbocycles. The Labute approximate surface area is 232 Å². The maximum atomic E-state index is 12.5. The second kappa shape index (κ2) is 11.3. The summed E-state index contributed by atoms with van der Waals surface area (Å²) in [4.78, 5) is 41.1. The number of aromatic nitrogens is 2. The number of benzene rings is 3. The third-order valence-corrected chi connectivity index (χ3v) is 6.41. The van der Waals surface area contributed by atoms with E-state index in [2.05, 4.69) is 25.6 Å². The van der Waals surface area contributed by atoms with Crippen molar-refractivity contribution in [1.29, 1.82) is 0 Å². The summed E-state index contributed by atoms with van der Waals surface area (Å²) in [6.45, 7) is 0. The van der Waals surface area contributed by atoms with E-state index in [0.29, 0.717) is 5.69 Å². The molecule has 2 amide bonds. The van der Waals surface area contributed by atoms with Crippen LogP contribution < -0.4 is 15.5 Å². The minimum Gasteiger partial charge on any atom is -0.366 e. The molecule has 4 aromatic rings. The standard InChI is InChI=1S/C31H31N7O2/c1-37(2)28-18-22-17-23(11-13-25(22)34-28)32-29(39)15-9-20-5-7-21(8-6-20)10-16-30(40)33-24-12-14-26-27(19-24)36-31(35-26)38(3)4/h5-17,19H,18H2,1-4H3,(H,32,39)(H,33,40)(H,35,36)/b15-9+,16-10+. The van der Waals surface area contributed by atoms with Crippen LogP contribution in [0.25, 0.3) is 23.2 Å². The fourth-order valence-electron chi connectivity index (χ4n) is 4.24. The summed E-state index contributed by atoms with van der Waals surface area (Å²) < 4.78 is 0. The van der Waals surface area contributed by atoms with Gasteiger partial charge in [-0.3, -0.25) is 9.59 Å². The first-order valence-corrected chi connectivity index (χ1v) is 12.9. The zero-order valence-electron chi connectivity index (χ0n) is 22.9. The summed E-state index contributed by atoms with van der Waals surface area (Å²) in [6.07, 6.45) is 7.25. The van der Waals surface area contributed by atoms with Gasteiger partial charge in [0.15, 0.2) is 0 Å². The van der Waals surface area contributed by atoms with Gasteiger partial charge >= 0.3 is 0 Å². The zero-order chi connectivity index (χ0) is 28.2. The molecule has 5 rings (SSSR count). The van der Waals surface area contributed by atoms with Gasteiger partial charge < -0.3 is 25.4 Å². The first-order valence-electron chi connectivity index (χ1n) is 12.9. The van der Waals surface area contributed by atoms with Crippen molar-refractivity contribution in [1.82, 2.24) is 14.9 Å². The first-order chi connectivity index (χ1) is 19.2. The Balaban J connectivity index is 1.13. The molecule has 40 heavy (non-hydrogen) atoms. The van der Waals surface area contributed by atoms with Gasteiger partial charge in [0.1, 0.15) is 5.84 Å². The van der Waals surface area contributed by atoms with Crippen LogP contribution in [0.4, 0.5) is 23.0 Å². The highest BCUT2D eigenvalue weighted by Crippen LogP contribution is 2.29. The largest absolute Gasteiger partial charge is 0.366 e. The molecule has 0 saturated heterocycles. The number of carbonyl (C=O) groups is 2. The number of amides is 2. The van der Waals surface area contributed by atoms with E-state index >= 15 is 0 Å². The molecule has 0 saturated carbocycles. The van der Waals surface area contributed by atoms with Crippen molar-refractivity contribution in [3.05, 3.63) is 89.5 Å². The van der Waals surface area contributed by atoms with Gasteiger partial charge in [-0.05, 0) is 65.2 Å². The number of nitrogens with zero attached hydrogens (tertiary/aromatic N) is 4. The molecule has 0 atom stereocenters. The van der Waals surface area contributed by atoms with Crippen molar-refractivity contribution >= 4 is 63.8 Å². The number of nitrogens with one attached hydrogen (secondary N) is 3. The van der Waals surface area contributed by atoms with Gasteiger partial charge in [0, 0.05) is 58.1 Å². The van der Waals surface area contributed by atoms with E-state index in [4.69, 9.17) is 0 Å². The number of carbonyl (C=O) groups excluding carboxylic acids is 2. The van der Waals surface area contributed by atoms with Crippen LogP contribution in [0.2, 0.25) is 0 Å². The van der Waals surface area contributed by atoms with Gasteiger partial charge in [0.25, 0.3) is 0 Å². The summed E-state index contributed by atoms with van der Waals surface area (Å²) in [7, 11) is 7.78. The molecule has 9 nitrogen and oxygen atoms in total. The maximum absolute atomic E-state index is 12.5. The Hall–Kier alpha value is -5.18. The highest BCUT2D eigenvalue weighted by Gasteiger charge is 2.16. The third kappa shape index (κ3) is 6.27. The number of H-pyrrole nitrogens is 1. The van der Waals surface area contributed by atoms with E-state index in [-0.39, 0.29) is 11.8 Å². The Kier molecular flexibility index (Phi) is 7.46. The molecule has 1 aromatic heterocycles. The van der Waals surface area contributed by atoms with Crippen LogP contribution in [-0.2, 0) is 16.0 Å². The number of amidine groups is 1. The van der Waals surface area contributed by atoms with E-state index in [1.54, 1.807) is 12.2 Å². The Morgan fingerprint density at radius 3 is 2.00 bits per heavy atom. The lowest BCUT2D eigenvalue weighted by Crippen LogP contribution is -2.21. The molecule has 1 aliphatic heterocycles. The predicted octanol–water partition coefficient (Wildman–Crippen LogP) is 5.08. The smallest absolute Gasteiger partial charge is 0.248 e. The fourth-order valence-corrected chi connectivity index (χ4v) is 4.24. The van der Waals surface area contributed by atoms with Crippen LogP contribution in [0.3, 0.4) is 0 Å². The van der Waals surface area contributed by atoms with Crippen molar-refractivity contribution in [2.75, 3.05) is 43.7 Å². The normalized spacial score (nSPS) is 12.6. The topological polar surface area (TPSA) is 106 Å². The van der Waals surface area contributed by atoms with E-state index in [1.165, 1.54) is 12.2 Å². The number of rotatable bonds is 7. The van der Waals surface area contributed by atoms with Crippen LogP contribution in [0.5, 0.6) is 0 Å². The van der Waals surface area contributed by atoms with E-state index in [1.807, 2.05) is 98.7 Å². The zero-order valence-corrected chi connectivity index (χ0v) is 22.9.